The van der Waals surface area contributed by atoms with Crippen molar-refractivity contribution >= 4 is 5.82 Å². The molecule has 0 aliphatic rings. The highest BCUT2D eigenvalue weighted by atomic mass is 15.2. The maximum atomic E-state index is 4.52. The van der Waals surface area contributed by atoms with Crippen LogP contribution >= 0.6 is 0 Å². The van der Waals surface area contributed by atoms with E-state index in [0.29, 0.717) is 0 Å². The minimum absolute atomic E-state index is 0.808. The molecule has 0 unspecified atom stereocenters. The fraction of sp³-hybridized carbons (Fsp3) is 0.714. The lowest BCUT2D eigenvalue weighted by molar-refractivity contribution is 0.660. The quantitative estimate of drug-likeness (QED) is 0.684. The molecule has 0 amide bonds. The molecule has 102 valence electrons. The highest BCUT2D eigenvalue weighted by molar-refractivity contribution is 5.35. The Labute approximate surface area is 111 Å². The molecule has 0 bridgehead atoms. The summed E-state index contributed by atoms with van der Waals surface area (Å²) >= 11 is 0. The molecular formula is C14H26N4. The first kappa shape index (κ1) is 14.9. The van der Waals surface area contributed by atoms with Crippen molar-refractivity contribution in [2.75, 3.05) is 24.5 Å². The van der Waals surface area contributed by atoms with E-state index in [9.17, 15) is 0 Å². The van der Waals surface area contributed by atoms with E-state index in [1.54, 1.807) is 0 Å². The average Bonchev–Trinajstić information content (AvgIpc) is 2.40. The molecule has 0 fully saturated rings. The van der Waals surface area contributed by atoms with Gasteiger partial charge in [-0.1, -0.05) is 20.8 Å². The van der Waals surface area contributed by atoms with Gasteiger partial charge in [-0.3, -0.25) is 4.98 Å². The summed E-state index contributed by atoms with van der Waals surface area (Å²) in [7, 11) is 0. The van der Waals surface area contributed by atoms with E-state index in [2.05, 4.69) is 41.0 Å². The monoisotopic (exact) mass is 250 g/mol. The van der Waals surface area contributed by atoms with Crippen LogP contribution in [0, 0.1) is 0 Å². The largest absolute Gasteiger partial charge is 0.355 e. The van der Waals surface area contributed by atoms with E-state index in [1.165, 1.54) is 0 Å². The van der Waals surface area contributed by atoms with Gasteiger partial charge in [-0.25, -0.2) is 4.98 Å². The second kappa shape index (κ2) is 8.86. The number of hydrogen-bond acceptors (Lipinski definition) is 4. The Hall–Kier alpha value is -1.16. The van der Waals surface area contributed by atoms with Crippen molar-refractivity contribution in [2.24, 2.45) is 0 Å². The van der Waals surface area contributed by atoms with Gasteiger partial charge < -0.3 is 10.2 Å². The molecule has 0 aromatic carbocycles. The maximum absolute atomic E-state index is 4.52. The van der Waals surface area contributed by atoms with E-state index in [-0.39, 0.29) is 0 Å². The molecule has 0 spiro atoms. The lowest BCUT2D eigenvalue weighted by atomic mass is 10.3. The molecule has 1 aromatic heterocycles. The Morgan fingerprint density at radius 1 is 1.00 bits per heavy atom. The molecule has 18 heavy (non-hydrogen) atoms. The van der Waals surface area contributed by atoms with Crippen LogP contribution in [0.25, 0.3) is 0 Å². The smallest absolute Gasteiger partial charge is 0.147 e. The molecule has 1 N–H and O–H groups in total. The lowest BCUT2D eigenvalue weighted by Crippen LogP contribution is -2.26. The molecule has 0 atom stereocenters. The summed E-state index contributed by atoms with van der Waals surface area (Å²) in [5.74, 6) is 0.998. The van der Waals surface area contributed by atoms with Gasteiger partial charge in [0.15, 0.2) is 0 Å². The van der Waals surface area contributed by atoms with E-state index in [1.807, 2.05) is 12.4 Å². The van der Waals surface area contributed by atoms with Gasteiger partial charge in [-0.2, -0.15) is 0 Å². The van der Waals surface area contributed by atoms with Crippen molar-refractivity contribution < 1.29 is 0 Å². The highest BCUT2D eigenvalue weighted by Gasteiger charge is 2.06. The molecule has 0 aliphatic heterocycles. The van der Waals surface area contributed by atoms with Crippen molar-refractivity contribution in [3.05, 3.63) is 18.1 Å². The topological polar surface area (TPSA) is 41.1 Å². The minimum Gasteiger partial charge on any atom is -0.355 e. The normalized spacial score (nSPS) is 10.6. The van der Waals surface area contributed by atoms with Crippen LogP contribution in [0.5, 0.6) is 0 Å². The summed E-state index contributed by atoms with van der Waals surface area (Å²) in [6.45, 7) is 10.5. The van der Waals surface area contributed by atoms with Gasteiger partial charge in [-0.05, 0) is 25.8 Å². The number of aromatic nitrogens is 2. The summed E-state index contributed by atoms with van der Waals surface area (Å²) in [5.41, 5.74) is 1.01. The summed E-state index contributed by atoms with van der Waals surface area (Å²) in [4.78, 5) is 11.3. The molecule has 1 rings (SSSR count). The predicted molar refractivity (Wildman–Crippen MR) is 76.8 cm³/mol. The standard InChI is InChI=1S/C14H26N4/c1-4-7-15-10-13-11-17-14(12-16-13)18(8-5-2)9-6-3/h11-12,15H,4-10H2,1-3H3. The first-order valence-corrected chi connectivity index (χ1v) is 7.08. The van der Waals surface area contributed by atoms with Crippen molar-refractivity contribution in [3.8, 4) is 0 Å². The average molecular weight is 250 g/mol. The number of nitrogens with zero attached hydrogens (tertiary/aromatic N) is 3. The molecule has 1 heterocycles. The van der Waals surface area contributed by atoms with E-state index in [0.717, 1.165) is 57.0 Å². The number of rotatable bonds is 9. The Balaban J connectivity index is 2.56. The lowest BCUT2D eigenvalue weighted by Gasteiger charge is -2.22. The van der Waals surface area contributed by atoms with Crippen LogP contribution in [0.3, 0.4) is 0 Å². The Morgan fingerprint density at radius 3 is 2.22 bits per heavy atom. The number of hydrogen-bond donors (Lipinski definition) is 1. The fourth-order valence-corrected chi connectivity index (χ4v) is 1.88. The molecule has 0 saturated carbocycles. The van der Waals surface area contributed by atoms with Gasteiger partial charge in [0.25, 0.3) is 0 Å². The zero-order valence-electron chi connectivity index (χ0n) is 11.9. The van der Waals surface area contributed by atoms with Crippen molar-refractivity contribution in [1.29, 1.82) is 0 Å². The molecule has 0 saturated heterocycles. The van der Waals surface area contributed by atoms with Crippen LogP contribution in [0.2, 0.25) is 0 Å². The third-order valence-electron chi connectivity index (χ3n) is 2.74. The molecule has 0 aliphatic carbocycles. The van der Waals surface area contributed by atoms with E-state index in [4.69, 9.17) is 0 Å². The summed E-state index contributed by atoms with van der Waals surface area (Å²) in [6, 6.07) is 0. The van der Waals surface area contributed by atoms with Crippen LogP contribution < -0.4 is 10.2 Å². The van der Waals surface area contributed by atoms with Gasteiger partial charge in [0.2, 0.25) is 0 Å². The molecular weight excluding hydrogens is 224 g/mol. The first-order valence-electron chi connectivity index (χ1n) is 7.08. The van der Waals surface area contributed by atoms with E-state index < -0.39 is 0 Å². The third-order valence-corrected chi connectivity index (χ3v) is 2.74. The molecule has 1 aromatic rings. The van der Waals surface area contributed by atoms with Gasteiger partial charge in [0, 0.05) is 19.6 Å². The van der Waals surface area contributed by atoms with E-state index >= 15 is 0 Å². The molecule has 0 radical (unpaired) electrons. The fourth-order valence-electron chi connectivity index (χ4n) is 1.88. The van der Waals surface area contributed by atoms with Gasteiger partial charge in [-0.15, -0.1) is 0 Å². The van der Waals surface area contributed by atoms with Crippen LogP contribution in [0.4, 0.5) is 5.82 Å². The summed E-state index contributed by atoms with van der Waals surface area (Å²) in [6.07, 6.45) is 7.21. The maximum Gasteiger partial charge on any atom is 0.147 e. The summed E-state index contributed by atoms with van der Waals surface area (Å²) in [5, 5.41) is 3.33. The van der Waals surface area contributed by atoms with Crippen molar-refractivity contribution in [3.63, 3.8) is 0 Å². The number of anilines is 1. The summed E-state index contributed by atoms with van der Waals surface area (Å²) < 4.78 is 0. The third kappa shape index (κ3) is 5.00. The van der Waals surface area contributed by atoms with Crippen molar-refractivity contribution in [1.82, 2.24) is 15.3 Å². The van der Waals surface area contributed by atoms with Crippen LogP contribution in [-0.4, -0.2) is 29.6 Å². The second-order valence-electron chi connectivity index (χ2n) is 4.53. The molecule has 4 heteroatoms. The second-order valence-corrected chi connectivity index (χ2v) is 4.53. The zero-order chi connectivity index (χ0) is 13.2. The van der Waals surface area contributed by atoms with Gasteiger partial charge in [0.05, 0.1) is 18.1 Å². The Kier molecular flexibility index (Phi) is 7.34. The first-order chi connectivity index (χ1) is 8.81. The van der Waals surface area contributed by atoms with Crippen LogP contribution in [0.15, 0.2) is 12.4 Å². The molecule has 4 nitrogen and oxygen atoms in total. The Bertz CT molecular complexity index is 304. The SMILES string of the molecule is CCCNCc1cnc(N(CCC)CCC)cn1. The van der Waals surface area contributed by atoms with Crippen LogP contribution in [0.1, 0.15) is 45.7 Å². The number of nitrogens with one attached hydrogen (secondary N) is 1. The van der Waals surface area contributed by atoms with Gasteiger partial charge >= 0.3 is 0 Å². The predicted octanol–water partition coefficient (Wildman–Crippen LogP) is 2.60. The van der Waals surface area contributed by atoms with Gasteiger partial charge in [0.1, 0.15) is 5.82 Å². The van der Waals surface area contributed by atoms with Crippen LogP contribution in [-0.2, 0) is 6.54 Å². The Morgan fingerprint density at radius 2 is 1.72 bits per heavy atom. The zero-order valence-corrected chi connectivity index (χ0v) is 11.9. The van der Waals surface area contributed by atoms with Crippen molar-refractivity contribution in [2.45, 2.75) is 46.6 Å². The minimum atomic E-state index is 0.808. The highest BCUT2D eigenvalue weighted by Crippen LogP contribution is 2.10.